The summed E-state index contributed by atoms with van der Waals surface area (Å²) in [5.74, 6) is 0.0378. The molecule has 3 heteroatoms. The third-order valence-corrected chi connectivity index (χ3v) is 5.36. The molecule has 3 nitrogen and oxygen atoms in total. The SMILES string of the molecule is CCC(C)(C)c1ccc(CCCC(=O)Nc2cnc3ccccc3c2)cc1. The Morgan fingerprint density at radius 3 is 2.56 bits per heavy atom. The molecule has 0 unspecified atom stereocenters. The van der Waals surface area contributed by atoms with Crippen LogP contribution in [0.15, 0.2) is 60.8 Å². The largest absolute Gasteiger partial charge is 0.325 e. The van der Waals surface area contributed by atoms with E-state index in [2.05, 4.69) is 55.3 Å². The standard InChI is InChI=1S/C24H28N2O/c1-4-24(2,3)20-14-12-18(13-15-20)8-7-11-23(27)26-21-16-19-9-5-6-10-22(19)25-17-21/h5-6,9-10,12-17H,4,7-8,11H2,1-3H3,(H,26,27). The van der Waals surface area contributed by atoms with Gasteiger partial charge in [0.25, 0.3) is 0 Å². The topological polar surface area (TPSA) is 42.0 Å². The Morgan fingerprint density at radius 1 is 1.07 bits per heavy atom. The number of carbonyl (C=O) groups excluding carboxylic acids is 1. The van der Waals surface area contributed by atoms with Gasteiger partial charge in [0.15, 0.2) is 0 Å². The molecule has 1 amide bonds. The average molecular weight is 361 g/mol. The Bertz CT molecular complexity index is 913. The van der Waals surface area contributed by atoms with Gasteiger partial charge in [0, 0.05) is 11.8 Å². The minimum atomic E-state index is 0.0378. The molecule has 140 valence electrons. The molecule has 0 saturated heterocycles. The molecule has 0 radical (unpaired) electrons. The Hall–Kier alpha value is -2.68. The van der Waals surface area contributed by atoms with Gasteiger partial charge in [0.2, 0.25) is 5.91 Å². The molecule has 0 atom stereocenters. The zero-order valence-corrected chi connectivity index (χ0v) is 16.5. The highest BCUT2D eigenvalue weighted by atomic mass is 16.1. The highest BCUT2D eigenvalue weighted by Crippen LogP contribution is 2.27. The number of rotatable bonds is 7. The number of hydrogen-bond acceptors (Lipinski definition) is 2. The van der Waals surface area contributed by atoms with Crippen LogP contribution < -0.4 is 5.32 Å². The van der Waals surface area contributed by atoms with Gasteiger partial charge in [-0.3, -0.25) is 9.78 Å². The summed E-state index contributed by atoms with van der Waals surface area (Å²) in [6, 6.07) is 18.7. The number of nitrogens with zero attached hydrogens (tertiary/aromatic N) is 1. The van der Waals surface area contributed by atoms with Crippen molar-refractivity contribution in [2.24, 2.45) is 0 Å². The van der Waals surface area contributed by atoms with E-state index in [1.54, 1.807) is 6.20 Å². The monoisotopic (exact) mass is 360 g/mol. The summed E-state index contributed by atoms with van der Waals surface area (Å²) in [7, 11) is 0. The highest BCUT2D eigenvalue weighted by molar-refractivity contribution is 5.93. The molecule has 0 fully saturated rings. The van der Waals surface area contributed by atoms with Crippen molar-refractivity contribution in [2.45, 2.75) is 51.9 Å². The zero-order chi connectivity index (χ0) is 19.3. The van der Waals surface area contributed by atoms with E-state index in [0.29, 0.717) is 6.42 Å². The third kappa shape index (κ3) is 4.94. The van der Waals surface area contributed by atoms with Crippen LogP contribution in [0.4, 0.5) is 5.69 Å². The maximum atomic E-state index is 12.2. The minimum absolute atomic E-state index is 0.0378. The van der Waals surface area contributed by atoms with E-state index in [-0.39, 0.29) is 11.3 Å². The summed E-state index contributed by atoms with van der Waals surface area (Å²) < 4.78 is 0. The van der Waals surface area contributed by atoms with Crippen LogP contribution in [0.25, 0.3) is 10.9 Å². The Morgan fingerprint density at radius 2 is 1.81 bits per heavy atom. The minimum Gasteiger partial charge on any atom is -0.325 e. The second-order valence-electron chi connectivity index (χ2n) is 7.75. The Kier molecular flexibility index (Phi) is 5.90. The molecule has 0 aliphatic heterocycles. The summed E-state index contributed by atoms with van der Waals surface area (Å²) in [6.07, 6.45) is 5.10. The quantitative estimate of drug-likeness (QED) is 0.571. The number of aromatic nitrogens is 1. The van der Waals surface area contributed by atoms with Gasteiger partial charge in [-0.25, -0.2) is 0 Å². The average Bonchev–Trinajstić information content (AvgIpc) is 2.68. The lowest BCUT2D eigenvalue weighted by molar-refractivity contribution is -0.116. The molecular formula is C24H28N2O. The molecule has 3 aromatic rings. The number of pyridine rings is 1. The maximum Gasteiger partial charge on any atom is 0.224 e. The number of anilines is 1. The fraction of sp³-hybridized carbons (Fsp3) is 0.333. The van der Waals surface area contributed by atoms with Gasteiger partial charge < -0.3 is 5.32 Å². The van der Waals surface area contributed by atoms with Crippen molar-refractivity contribution in [3.8, 4) is 0 Å². The maximum absolute atomic E-state index is 12.2. The number of carbonyl (C=O) groups is 1. The highest BCUT2D eigenvalue weighted by Gasteiger charge is 2.17. The molecule has 2 aromatic carbocycles. The molecule has 1 N–H and O–H groups in total. The van der Waals surface area contributed by atoms with Crippen LogP contribution >= 0.6 is 0 Å². The van der Waals surface area contributed by atoms with Crippen LogP contribution in [0.1, 0.15) is 51.2 Å². The second kappa shape index (κ2) is 8.34. The molecule has 1 aromatic heterocycles. The van der Waals surface area contributed by atoms with E-state index in [1.165, 1.54) is 11.1 Å². The summed E-state index contributed by atoms with van der Waals surface area (Å²) in [6.45, 7) is 6.76. The lowest BCUT2D eigenvalue weighted by Gasteiger charge is -2.23. The van der Waals surface area contributed by atoms with Crippen LogP contribution in [-0.2, 0) is 16.6 Å². The second-order valence-corrected chi connectivity index (χ2v) is 7.75. The first-order valence-corrected chi connectivity index (χ1v) is 9.72. The number of para-hydroxylation sites is 1. The van der Waals surface area contributed by atoms with Crippen molar-refractivity contribution in [1.29, 1.82) is 0 Å². The van der Waals surface area contributed by atoms with Gasteiger partial charge in [-0.1, -0.05) is 63.2 Å². The molecule has 3 rings (SSSR count). The Labute approximate surface area is 161 Å². The van der Waals surface area contributed by atoms with Gasteiger partial charge in [0.05, 0.1) is 17.4 Å². The van der Waals surface area contributed by atoms with Gasteiger partial charge in [0.1, 0.15) is 0 Å². The number of benzene rings is 2. The zero-order valence-electron chi connectivity index (χ0n) is 16.5. The van der Waals surface area contributed by atoms with Gasteiger partial charge >= 0.3 is 0 Å². The number of fused-ring (bicyclic) bond motifs is 1. The molecule has 0 bridgehead atoms. The molecule has 1 heterocycles. The predicted molar refractivity (Wildman–Crippen MR) is 113 cm³/mol. The van der Waals surface area contributed by atoms with Crippen LogP contribution in [0.5, 0.6) is 0 Å². The first kappa shape index (κ1) is 19.1. The predicted octanol–water partition coefficient (Wildman–Crippen LogP) is 5.88. The van der Waals surface area contributed by atoms with Crippen LogP contribution in [0.2, 0.25) is 0 Å². The molecule has 0 aliphatic carbocycles. The van der Waals surface area contributed by atoms with E-state index >= 15 is 0 Å². The summed E-state index contributed by atoms with van der Waals surface area (Å²) in [5.41, 5.74) is 4.56. The Balaban J connectivity index is 1.50. The number of nitrogens with one attached hydrogen (secondary N) is 1. The van der Waals surface area contributed by atoms with E-state index in [1.807, 2.05) is 30.3 Å². The van der Waals surface area contributed by atoms with Gasteiger partial charge in [-0.15, -0.1) is 0 Å². The van der Waals surface area contributed by atoms with Gasteiger partial charge in [-0.05, 0) is 47.9 Å². The van der Waals surface area contributed by atoms with Crippen LogP contribution in [-0.4, -0.2) is 10.9 Å². The smallest absolute Gasteiger partial charge is 0.224 e. The number of aryl methyl sites for hydroxylation is 1. The van der Waals surface area contributed by atoms with Crippen molar-refractivity contribution >= 4 is 22.5 Å². The fourth-order valence-electron chi connectivity index (χ4n) is 3.14. The lowest BCUT2D eigenvalue weighted by atomic mass is 9.82. The van der Waals surface area contributed by atoms with Crippen molar-refractivity contribution in [3.63, 3.8) is 0 Å². The van der Waals surface area contributed by atoms with Crippen molar-refractivity contribution in [2.75, 3.05) is 5.32 Å². The molecule has 0 aliphatic rings. The van der Waals surface area contributed by atoms with Crippen molar-refractivity contribution in [3.05, 3.63) is 71.9 Å². The molecular weight excluding hydrogens is 332 g/mol. The first-order chi connectivity index (χ1) is 13.0. The summed E-state index contributed by atoms with van der Waals surface area (Å²) >= 11 is 0. The van der Waals surface area contributed by atoms with Crippen molar-refractivity contribution < 1.29 is 4.79 Å². The molecule has 0 saturated carbocycles. The van der Waals surface area contributed by atoms with Crippen LogP contribution in [0, 0.1) is 0 Å². The van der Waals surface area contributed by atoms with Gasteiger partial charge in [-0.2, -0.15) is 0 Å². The van der Waals surface area contributed by atoms with E-state index in [9.17, 15) is 4.79 Å². The molecule has 27 heavy (non-hydrogen) atoms. The van der Waals surface area contributed by atoms with E-state index in [4.69, 9.17) is 0 Å². The fourth-order valence-corrected chi connectivity index (χ4v) is 3.14. The lowest BCUT2D eigenvalue weighted by Crippen LogP contribution is -2.15. The van der Waals surface area contributed by atoms with E-state index in [0.717, 1.165) is 35.9 Å². The molecule has 0 spiro atoms. The summed E-state index contributed by atoms with van der Waals surface area (Å²) in [4.78, 5) is 16.6. The van der Waals surface area contributed by atoms with Crippen LogP contribution in [0.3, 0.4) is 0 Å². The number of hydrogen-bond donors (Lipinski definition) is 1. The third-order valence-electron chi connectivity index (χ3n) is 5.36. The first-order valence-electron chi connectivity index (χ1n) is 9.72. The summed E-state index contributed by atoms with van der Waals surface area (Å²) in [5, 5.41) is 3.99. The normalized spacial score (nSPS) is 11.5. The van der Waals surface area contributed by atoms with E-state index < -0.39 is 0 Å². The number of amides is 1. The van der Waals surface area contributed by atoms with Crippen molar-refractivity contribution in [1.82, 2.24) is 4.98 Å².